The van der Waals surface area contributed by atoms with Crippen molar-refractivity contribution >= 4 is 11.6 Å². The third kappa shape index (κ3) is 3.18. The van der Waals surface area contributed by atoms with Gasteiger partial charge in [-0.1, -0.05) is 38.3 Å². The fraction of sp³-hybridized carbons (Fsp3) is 0.545. The molecule has 1 heterocycles. The second-order valence-corrected chi connectivity index (χ2v) is 3.64. The molecule has 0 saturated carbocycles. The Morgan fingerprint density at radius 2 is 2.14 bits per heavy atom. The van der Waals surface area contributed by atoms with Crippen LogP contribution in [0.5, 0.6) is 5.75 Å². The molecular weight excluding hydrogens is 198 g/mol. The SMILES string of the molecule is CCC(CC)COc1cccnc1Cl. The van der Waals surface area contributed by atoms with Gasteiger partial charge in [-0.2, -0.15) is 0 Å². The molecule has 1 aromatic heterocycles. The smallest absolute Gasteiger partial charge is 0.171 e. The Kier molecular flexibility index (Phi) is 4.74. The van der Waals surface area contributed by atoms with Crippen LogP contribution in [0.15, 0.2) is 18.3 Å². The summed E-state index contributed by atoms with van der Waals surface area (Å²) in [4.78, 5) is 3.95. The summed E-state index contributed by atoms with van der Waals surface area (Å²) in [7, 11) is 0. The maximum atomic E-state index is 5.86. The molecule has 2 nitrogen and oxygen atoms in total. The fourth-order valence-corrected chi connectivity index (χ4v) is 1.38. The van der Waals surface area contributed by atoms with E-state index in [9.17, 15) is 0 Å². The molecule has 0 atom stereocenters. The van der Waals surface area contributed by atoms with Crippen LogP contribution in [0.3, 0.4) is 0 Å². The van der Waals surface area contributed by atoms with Gasteiger partial charge < -0.3 is 4.74 Å². The second-order valence-electron chi connectivity index (χ2n) is 3.29. The van der Waals surface area contributed by atoms with Gasteiger partial charge in [-0.25, -0.2) is 4.98 Å². The number of ether oxygens (including phenoxy) is 1. The zero-order chi connectivity index (χ0) is 10.4. The summed E-state index contributed by atoms with van der Waals surface area (Å²) in [5, 5.41) is 0.443. The maximum Gasteiger partial charge on any atom is 0.171 e. The molecule has 1 rings (SSSR count). The second kappa shape index (κ2) is 5.86. The summed E-state index contributed by atoms with van der Waals surface area (Å²) in [6, 6.07) is 3.67. The standard InChI is InChI=1S/C11H16ClNO/c1-3-9(4-2)8-14-10-6-5-7-13-11(10)12/h5-7,9H,3-4,8H2,1-2H3. The highest BCUT2D eigenvalue weighted by Crippen LogP contribution is 2.21. The van der Waals surface area contributed by atoms with Crippen LogP contribution in [0.1, 0.15) is 26.7 Å². The monoisotopic (exact) mass is 213 g/mol. The van der Waals surface area contributed by atoms with E-state index in [1.807, 2.05) is 12.1 Å². The van der Waals surface area contributed by atoms with E-state index in [2.05, 4.69) is 18.8 Å². The number of aromatic nitrogens is 1. The number of pyridine rings is 1. The lowest BCUT2D eigenvalue weighted by molar-refractivity contribution is 0.240. The molecule has 0 N–H and O–H groups in total. The van der Waals surface area contributed by atoms with Gasteiger partial charge in [0.25, 0.3) is 0 Å². The van der Waals surface area contributed by atoms with Crippen molar-refractivity contribution in [2.24, 2.45) is 5.92 Å². The van der Waals surface area contributed by atoms with Gasteiger partial charge in [0.1, 0.15) is 0 Å². The minimum absolute atomic E-state index is 0.443. The van der Waals surface area contributed by atoms with Crippen LogP contribution in [0.2, 0.25) is 5.15 Å². The number of hydrogen-bond acceptors (Lipinski definition) is 2. The van der Waals surface area contributed by atoms with Gasteiger partial charge in [0.05, 0.1) is 6.61 Å². The molecule has 0 bridgehead atoms. The molecule has 0 aromatic carbocycles. The summed E-state index contributed by atoms with van der Waals surface area (Å²) in [5.41, 5.74) is 0. The van der Waals surface area contributed by atoms with E-state index in [4.69, 9.17) is 16.3 Å². The summed E-state index contributed by atoms with van der Waals surface area (Å²) >= 11 is 5.86. The first kappa shape index (κ1) is 11.3. The minimum atomic E-state index is 0.443. The van der Waals surface area contributed by atoms with Crippen LogP contribution in [-0.4, -0.2) is 11.6 Å². The van der Waals surface area contributed by atoms with Crippen LogP contribution in [0.4, 0.5) is 0 Å². The van der Waals surface area contributed by atoms with E-state index in [0.29, 0.717) is 16.8 Å². The molecule has 0 radical (unpaired) electrons. The van der Waals surface area contributed by atoms with Gasteiger partial charge in [0, 0.05) is 6.20 Å². The van der Waals surface area contributed by atoms with E-state index in [-0.39, 0.29) is 0 Å². The number of halogens is 1. The molecular formula is C11H16ClNO. The average Bonchev–Trinajstić information content (AvgIpc) is 2.22. The Labute approximate surface area is 90.3 Å². The van der Waals surface area contributed by atoms with E-state index in [1.165, 1.54) is 0 Å². The predicted octanol–water partition coefficient (Wildman–Crippen LogP) is 3.55. The highest BCUT2D eigenvalue weighted by atomic mass is 35.5. The zero-order valence-electron chi connectivity index (χ0n) is 8.66. The first-order valence-electron chi connectivity index (χ1n) is 5.01. The third-order valence-electron chi connectivity index (χ3n) is 2.35. The molecule has 78 valence electrons. The summed E-state index contributed by atoms with van der Waals surface area (Å²) in [6.45, 7) is 5.06. The molecule has 1 aromatic rings. The van der Waals surface area contributed by atoms with Crippen LogP contribution < -0.4 is 4.74 Å². The average molecular weight is 214 g/mol. The molecule has 0 unspecified atom stereocenters. The summed E-state index contributed by atoms with van der Waals surface area (Å²) < 4.78 is 5.59. The van der Waals surface area contributed by atoms with E-state index < -0.39 is 0 Å². The molecule has 0 fully saturated rings. The van der Waals surface area contributed by atoms with E-state index in [0.717, 1.165) is 19.4 Å². The first-order valence-corrected chi connectivity index (χ1v) is 5.39. The highest BCUT2D eigenvalue weighted by Gasteiger charge is 2.06. The van der Waals surface area contributed by atoms with Crippen LogP contribution in [0.25, 0.3) is 0 Å². The molecule has 0 aliphatic heterocycles. The quantitative estimate of drug-likeness (QED) is 0.698. The molecule has 0 aliphatic rings. The lowest BCUT2D eigenvalue weighted by atomic mass is 10.1. The summed E-state index contributed by atoms with van der Waals surface area (Å²) in [6.07, 6.45) is 3.93. The van der Waals surface area contributed by atoms with Crippen molar-refractivity contribution in [2.45, 2.75) is 26.7 Å². The molecule has 14 heavy (non-hydrogen) atoms. The van der Waals surface area contributed by atoms with Crippen molar-refractivity contribution in [3.63, 3.8) is 0 Å². The van der Waals surface area contributed by atoms with Crippen LogP contribution in [-0.2, 0) is 0 Å². The van der Waals surface area contributed by atoms with E-state index in [1.54, 1.807) is 6.20 Å². The normalized spacial score (nSPS) is 10.6. The van der Waals surface area contributed by atoms with Crippen molar-refractivity contribution in [3.8, 4) is 5.75 Å². The third-order valence-corrected chi connectivity index (χ3v) is 2.64. The summed E-state index contributed by atoms with van der Waals surface area (Å²) in [5.74, 6) is 1.28. The highest BCUT2D eigenvalue weighted by molar-refractivity contribution is 6.30. The van der Waals surface area contributed by atoms with E-state index >= 15 is 0 Å². The first-order chi connectivity index (χ1) is 6.77. The van der Waals surface area contributed by atoms with Gasteiger partial charge in [-0.05, 0) is 18.1 Å². The minimum Gasteiger partial charge on any atom is -0.490 e. The Morgan fingerprint density at radius 3 is 2.71 bits per heavy atom. The van der Waals surface area contributed by atoms with Crippen molar-refractivity contribution in [2.75, 3.05) is 6.61 Å². The Morgan fingerprint density at radius 1 is 1.43 bits per heavy atom. The Bertz CT molecular complexity index is 274. The Balaban J connectivity index is 2.49. The van der Waals surface area contributed by atoms with Crippen molar-refractivity contribution < 1.29 is 4.74 Å². The Hall–Kier alpha value is -0.760. The molecule has 0 aliphatic carbocycles. The predicted molar refractivity (Wildman–Crippen MR) is 58.8 cm³/mol. The van der Waals surface area contributed by atoms with Gasteiger partial charge >= 0.3 is 0 Å². The molecule has 0 amide bonds. The largest absolute Gasteiger partial charge is 0.490 e. The number of nitrogens with zero attached hydrogens (tertiary/aromatic N) is 1. The van der Waals surface area contributed by atoms with Crippen molar-refractivity contribution in [1.29, 1.82) is 0 Å². The molecule has 0 saturated heterocycles. The number of hydrogen-bond donors (Lipinski definition) is 0. The van der Waals surface area contributed by atoms with Gasteiger partial charge in [0.2, 0.25) is 0 Å². The fourth-order valence-electron chi connectivity index (χ4n) is 1.21. The topological polar surface area (TPSA) is 22.1 Å². The van der Waals surface area contributed by atoms with Gasteiger partial charge in [0.15, 0.2) is 10.9 Å². The zero-order valence-corrected chi connectivity index (χ0v) is 9.42. The van der Waals surface area contributed by atoms with Crippen LogP contribution in [0, 0.1) is 5.92 Å². The molecule has 3 heteroatoms. The maximum absolute atomic E-state index is 5.86. The van der Waals surface area contributed by atoms with Gasteiger partial charge in [-0.3, -0.25) is 0 Å². The van der Waals surface area contributed by atoms with Crippen molar-refractivity contribution in [3.05, 3.63) is 23.5 Å². The molecule has 0 spiro atoms. The van der Waals surface area contributed by atoms with Gasteiger partial charge in [-0.15, -0.1) is 0 Å². The van der Waals surface area contributed by atoms with Crippen LogP contribution >= 0.6 is 11.6 Å². The number of rotatable bonds is 5. The lowest BCUT2D eigenvalue weighted by Gasteiger charge is -2.13. The van der Waals surface area contributed by atoms with Crippen molar-refractivity contribution in [1.82, 2.24) is 4.98 Å². The lowest BCUT2D eigenvalue weighted by Crippen LogP contribution is -2.10.